The monoisotopic (exact) mass is 351 g/mol. The van der Waals surface area contributed by atoms with E-state index in [-0.39, 0.29) is 0 Å². The van der Waals surface area contributed by atoms with E-state index in [0.29, 0.717) is 0 Å². The average Bonchev–Trinajstić information content (AvgIpc) is 2.75. The Hall–Kier alpha value is -3.52. The highest BCUT2D eigenvalue weighted by atomic mass is 16.5. The number of benzene rings is 4. The van der Waals surface area contributed by atoms with Gasteiger partial charge in [0.15, 0.2) is 0 Å². The highest BCUT2D eigenvalue weighted by Gasteiger charge is 2.13. The SMILES string of the molecule is c1ccc(Oc2ccccc2CN(c2ccccc2)c2ccccc2)cc1. The van der Waals surface area contributed by atoms with Crippen LogP contribution < -0.4 is 9.64 Å². The molecule has 0 aliphatic heterocycles. The quantitative estimate of drug-likeness (QED) is 0.378. The molecule has 0 amide bonds. The fourth-order valence-electron chi connectivity index (χ4n) is 3.07. The molecular weight excluding hydrogens is 330 g/mol. The number of hydrogen-bond acceptors (Lipinski definition) is 2. The summed E-state index contributed by atoms with van der Waals surface area (Å²) >= 11 is 0. The van der Waals surface area contributed by atoms with Gasteiger partial charge >= 0.3 is 0 Å². The third-order valence-electron chi connectivity index (χ3n) is 4.41. The van der Waals surface area contributed by atoms with E-state index in [1.54, 1.807) is 0 Å². The van der Waals surface area contributed by atoms with Crippen LogP contribution in [0.15, 0.2) is 115 Å². The molecule has 0 fully saturated rings. The molecule has 0 radical (unpaired) electrons. The van der Waals surface area contributed by atoms with Crippen LogP contribution in [0.2, 0.25) is 0 Å². The van der Waals surface area contributed by atoms with Crippen LogP contribution in [0.1, 0.15) is 5.56 Å². The lowest BCUT2D eigenvalue weighted by atomic mass is 10.1. The van der Waals surface area contributed by atoms with Crippen LogP contribution in [0, 0.1) is 0 Å². The number of para-hydroxylation sites is 4. The van der Waals surface area contributed by atoms with Crippen LogP contribution >= 0.6 is 0 Å². The molecule has 0 aromatic heterocycles. The topological polar surface area (TPSA) is 12.5 Å². The van der Waals surface area contributed by atoms with Crippen molar-refractivity contribution in [2.24, 2.45) is 0 Å². The maximum absolute atomic E-state index is 6.16. The minimum atomic E-state index is 0.719. The van der Waals surface area contributed by atoms with Crippen molar-refractivity contribution in [1.29, 1.82) is 0 Å². The largest absolute Gasteiger partial charge is 0.457 e. The summed E-state index contributed by atoms with van der Waals surface area (Å²) in [5, 5.41) is 0. The van der Waals surface area contributed by atoms with Crippen LogP contribution in [-0.4, -0.2) is 0 Å². The molecule has 0 bridgehead atoms. The van der Waals surface area contributed by atoms with Gasteiger partial charge in [0.2, 0.25) is 0 Å². The van der Waals surface area contributed by atoms with Crippen molar-refractivity contribution in [3.63, 3.8) is 0 Å². The second-order valence-corrected chi connectivity index (χ2v) is 6.28. The molecule has 2 nitrogen and oxygen atoms in total. The third kappa shape index (κ3) is 4.18. The molecule has 0 N–H and O–H groups in total. The summed E-state index contributed by atoms with van der Waals surface area (Å²) in [6, 6.07) is 39.0. The van der Waals surface area contributed by atoms with E-state index < -0.39 is 0 Å². The molecule has 0 saturated heterocycles. The van der Waals surface area contributed by atoms with Crippen LogP contribution in [0.3, 0.4) is 0 Å². The zero-order chi connectivity index (χ0) is 18.3. The van der Waals surface area contributed by atoms with Gasteiger partial charge in [0.25, 0.3) is 0 Å². The van der Waals surface area contributed by atoms with Gasteiger partial charge < -0.3 is 9.64 Å². The van der Waals surface area contributed by atoms with Crippen LogP contribution in [-0.2, 0) is 6.54 Å². The molecule has 0 saturated carbocycles. The molecule has 132 valence electrons. The van der Waals surface area contributed by atoms with Gasteiger partial charge in [0, 0.05) is 16.9 Å². The Kier molecular flexibility index (Phi) is 5.16. The summed E-state index contributed by atoms with van der Waals surface area (Å²) in [6.07, 6.45) is 0. The number of hydrogen-bond donors (Lipinski definition) is 0. The zero-order valence-corrected chi connectivity index (χ0v) is 15.0. The van der Waals surface area contributed by atoms with E-state index in [1.807, 2.05) is 54.6 Å². The summed E-state index contributed by atoms with van der Waals surface area (Å²) in [7, 11) is 0. The molecular formula is C25H21NO. The molecule has 4 rings (SSSR count). The minimum Gasteiger partial charge on any atom is -0.457 e. The summed E-state index contributed by atoms with van der Waals surface area (Å²) < 4.78 is 6.16. The number of rotatable bonds is 6. The lowest BCUT2D eigenvalue weighted by Gasteiger charge is -2.26. The van der Waals surface area contributed by atoms with Gasteiger partial charge in [-0.2, -0.15) is 0 Å². The second kappa shape index (κ2) is 8.24. The summed E-state index contributed by atoms with van der Waals surface area (Å²) in [6.45, 7) is 0.719. The predicted octanol–water partition coefficient (Wildman–Crippen LogP) is 6.82. The van der Waals surface area contributed by atoms with Gasteiger partial charge in [-0.15, -0.1) is 0 Å². The first-order chi connectivity index (χ1) is 13.4. The van der Waals surface area contributed by atoms with Crippen molar-refractivity contribution in [1.82, 2.24) is 0 Å². The molecule has 0 heterocycles. The Morgan fingerprint density at radius 1 is 0.519 bits per heavy atom. The lowest BCUT2D eigenvalue weighted by Crippen LogP contribution is -2.16. The smallest absolute Gasteiger partial charge is 0.132 e. The summed E-state index contributed by atoms with van der Waals surface area (Å²) in [5.74, 6) is 1.72. The van der Waals surface area contributed by atoms with E-state index in [9.17, 15) is 0 Å². The first-order valence-electron chi connectivity index (χ1n) is 9.08. The summed E-state index contributed by atoms with van der Waals surface area (Å²) in [5.41, 5.74) is 3.44. The van der Waals surface area contributed by atoms with Gasteiger partial charge in [0.1, 0.15) is 11.5 Å². The zero-order valence-electron chi connectivity index (χ0n) is 15.0. The number of nitrogens with zero attached hydrogens (tertiary/aromatic N) is 1. The van der Waals surface area contributed by atoms with E-state index in [4.69, 9.17) is 4.74 Å². The molecule has 0 unspecified atom stereocenters. The number of ether oxygens (including phenoxy) is 1. The Bertz CT molecular complexity index is 929. The molecule has 27 heavy (non-hydrogen) atoms. The molecule has 2 heteroatoms. The Morgan fingerprint density at radius 3 is 1.59 bits per heavy atom. The fraction of sp³-hybridized carbons (Fsp3) is 0.0400. The number of anilines is 2. The standard InChI is InChI=1S/C25H21NO/c1-4-13-22(14-5-1)26(23-15-6-2-7-16-23)20-21-12-10-11-19-25(21)27-24-17-8-3-9-18-24/h1-19H,20H2. The van der Waals surface area contributed by atoms with Crippen molar-refractivity contribution >= 4 is 11.4 Å². The maximum Gasteiger partial charge on any atom is 0.132 e. The van der Waals surface area contributed by atoms with Crippen LogP contribution in [0.4, 0.5) is 11.4 Å². The first-order valence-corrected chi connectivity index (χ1v) is 9.08. The van der Waals surface area contributed by atoms with Gasteiger partial charge in [0.05, 0.1) is 6.54 Å². The van der Waals surface area contributed by atoms with Crippen molar-refractivity contribution < 1.29 is 4.74 Å². The highest BCUT2D eigenvalue weighted by molar-refractivity contribution is 5.63. The Balaban J connectivity index is 1.68. The predicted molar refractivity (Wildman–Crippen MR) is 112 cm³/mol. The Morgan fingerprint density at radius 2 is 1.00 bits per heavy atom. The van der Waals surface area contributed by atoms with Crippen LogP contribution in [0.25, 0.3) is 0 Å². The molecule has 0 aliphatic rings. The van der Waals surface area contributed by atoms with Crippen molar-refractivity contribution in [3.8, 4) is 11.5 Å². The molecule has 0 aliphatic carbocycles. The van der Waals surface area contributed by atoms with E-state index in [2.05, 4.69) is 65.6 Å². The molecule has 4 aromatic rings. The normalized spacial score (nSPS) is 10.4. The minimum absolute atomic E-state index is 0.719. The van der Waals surface area contributed by atoms with Gasteiger partial charge in [-0.05, 0) is 42.5 Å². The Labute approximate surface area is 160 Å². The molecule has 0 atom stereocenters. The van der Waals surface area contributed by atoms with E-state index >= 15 is 0 Å². The van der Waals surface area contributed by atoms with Gasteiger partial charge in [-0.1, -0.05) is 72.8 Å². The first kappa shape index (κ1) is 16.9. The second-order valence-electron chi connectivity index (χ2n) is 6.28. The summed E-state index contributed by atoms with van der Waals surface area (Å²) in [4.78, 5) is 2.30. The maximum atomic E-state index is 6.16. The van der Waals surface area contributed by atoms with Gasteiger partial charge in [-0.25, -0.2) is 0 Å². The van der Waals surface area contributed by atoms with Crippen molar-refractivity contribution in [2.45, 2.75) is 6.54 Å². The van der Waals surface area contributed by atoms with Crippen molar-refractivity contribution in [2.75, 3.05) is 4.90 Å². The van der Waals surface area contributed by atoms with Crippen LogP contribution in [0.5, 0.6) is 11.5 Å². The van der Waals surface area contributed by atoms with E-state index in [1.165, 1.54) is 0 Å². The van der Waals surface area contributed by atoms with E-state index in [0.717, 1.165) is 35.0 Å². The highest BCUT2D eigenvalue weighted by Crippen LogP contribution is 2.31. The van der Waals surface area contributed by atoms with Crippen molar-refractivity contribution in [3.05, 3.63) is 121 Å². The fourth-order valence-corrected chi connectivity index (χ4v) is 3.07. The average molecular weight is 351 g/mol. The lowest BCUT2D eigenvalue weighted by molar-refractivity contribution is 0.476. The molecule has 0 spiro atoms. The van der Waals surface area contributed by atoms with Gasteiger partial charge in [-0.3, -0.25) is 0 Å². The third-order valence-corrected chi connectivity index (χ3v) is 4.41. The molecule has 4 aromatic carbocycles.